The van der Waals surface area contributed by atoms with E-state index >= 15 is 0 Å². The first-order valence-corrected chi connectivity index (χ1v) is 8.20. The number of fused-ring (bicyclic) bond motifs is 1. The fraction of sp³-hybridized carbons (Fsp3) is 0.0526. The molecular formula is C19H15N5O3. The van der Waals surface area contributed by atoms with Gasteiger partial charge < -0.3 is 5.73 Å². The van der Waals surface area contributed by atoms with Crippen molar-refractivity contribution in [2.75, 3.05) is 5.73 Å². The fourth-order valence-corrected chi connectivity index (χ4v) is 3.09. The van der Waals surface area contributed by atoms with Gasteiger partial charge in [0.25, 0.3) is 5.69 Å². The molecule has 0 aliphatic rings. The maximum Gasteiger partial charge on any atom is 0.335 e. The lowest BCUT2D eigenvalue weighted by atomic mass is 10.2. The van der Waals surface area contributed by atoms with Crippen LogP contribution in [0.15, 0.2) is 71.7 Å². The Hall–Kier alpha value is -3.94. The second-order valence-electron chi connectivity index (χ2n) is 6.07. The minimum Gasteiger partial charge on any atom is -0.399 e. The van der Waals surface area contributed by atoms with Crippen LogP contribution in [0.2, 0.25) is 0 Å². The number of nitrogens with two attached hydrogens (primary N) is 1. The molecule has 0 fully saturated rings. The van der Waals surface area contributed by atoms with Crippen LogP contribution in [0.1, 0.15) is 5.56 Å². The standard InChI is InChI=1S/C19H15N5O3/c20-14-5-1-4-13(10-14)12-22-17-8-3-9-21-18(17)23(19(22)25)15-6-2-7-16(11-15)24(26)27/h1-11H,12,20H2. The molecule has 4 rings (SSSR count). The molecule has 0 aliphatic carbocycles. The van der Waals surface area contributed by atoms with Crippen molar-refractivity contribution in [1.82, 2.24) is 14.1 Å². The Labute approximate surface area is 153 Å². The van der Waals surface area contributed by atoms with E-state index < -0.39 is 4.92 Å². The van der Waals surface area contributed by atoms with Gasteiger partial charge in [-0.05, 0) is 35.9 Å². The molecule has 4 aromatic rings. The van der Waals surface area contributed by atoms with Gasteiger partial charge in [-0.1, -0.05) is 18.2 Å². The van der Waals surface area contributed by atoms with E-state index in [4.69, 9.17) is 5.73 Å². The van der Waals surface area contributed by atoms with E-state index in [2.05, 4.69) is 4.98 Å². The van der Waals surface area contributed by atoms with Crippen molar-refractivity contribution in [1.29, 1.82) is 0 Å². The van der Waals surface area contributed by atoms with E-state index in [9.17, 15) is 14.9 Å². The number of hydrogen-bond acceptors (Lipinski definition) is 5. The Balaban J connectivity index is 1.93. The summed E-state index contributed by atoms with van der Waals surface area (Å²) in [6.07, 6.45) is 1.58. The molecule has 2 aromatic heterocycles. The molecule has 0 bridgehead atoms. The average Bonchev–Trinajstić information content (AvgIpc) is 2.94. The van der Waals surface area contributed by atoms with Crippen molar-refractivity contribution in [2.24, 2.45) is 0 Å². The molecule has 134 valence electrons. The molecule has 8 nitrogen and oxygen atoms in total. The SMILES string of the molecule is Nc1cccc(Cn2c(=O)n(-c3cccc([N+](=O)[O-])c3)c3ncccc32)c1. The summed E-state index contributed by atoms with van der Waals surface area (Å²) in [5, 5.41) is 11.1. The van der Waals surface area contributed by atoms with Crippen LogP contribution in [0.25, 0.3) is 16.9 Å². The van der Waals surface area contributed by atoms with Gasteiger partial charge in [-0.2, -0.15) is 0 Å². The maximum absolute atomic E-state index is 13.1. The Morgan fingerprint density at radius 1 is 1.07 bits per heavy atom. The molecule has 0 unspecified atom stereocenters. The van der Waals surface area contributed by atoms with Crippen LogP contribution in [0, 0.1) is 10.1 Å². The van der Waals surface area contributed by atoms with Gasteiger partial charge in [0.15, 0.2) is 5.65 Å². The number of nitrogens with zero attached hydrogens (tertiary/aromatic N) is 4. The van der Waals surface area contributed by atoms with Gasteiger partial charge in [-0.15, -0.1) is 0 Å². The van der Waals surface area contributed by atoms with Gasteiger partial charge in [0.05, 0.1) is 22.7 Å². The molecule has 0 radical (unpaired) electrons. The van der Waals surface area contributed by atoms with Crippen molar-refractivity contribution in [3.8, 4) is 5.69 Å². The van der Waals surface area contributed by atoms with Crippen LogP contribution in [0.5, 0.6) is 0 Å². The number of rotatable bonds is 4. The van der Waals surface area contributed by atoms with Gasteiger partial charge in [0.1, 0.15) is 0 Å². The molecule has 27 heavy (non-hydrogen) atoms. The zero-order valence-corrected chi connectivity index (χ0v) is 14.1. The van der Waals surface area contributed by atoms with Crippen LogP contribution in [0.4, 0.5) is 11.4 Å². The lowest BCUT2D eigenvalue weighted by Crippen LogP contribution is -2.23. The Morgan fingerprint density at radius 2 is 1.89 bits per heavy atom. The van der Waals surface area contributed by atoms with Gasteiger partial charge in [0.2, 0.25) is 0 Å². The van der Waals surface area contributed by atoms with Crippen LogP contribution >= 0.6 is 0 Å². The van der Waals surface area contributed by atoms with E-state index in [1.165, 1.54) is 16.7 Å². The predicted octanol–water partition coefficient (Wildman–Crippen LogP) is 2.73. The topological polar surface area (TPSA) is 109 Å². The van der Waals surface area contributed by atoms with Crippen molar-refractivity contribution in [2.45, 2.75) is 6.54 Å². The van der Waals surface area contributed by atoms with Crippen LogP contribution in [-0.4, -0.2) is 19.0 Å². The summed E-state index contributed by atoms with van der Waals surface area (Å²) < 4.78 is 2.96. The molecule has 0 saturated carbocycles. The predicted molar refractivity (Wildman–Crippen MR) is 102 cm³/mol. The first-order chi connectivity index (χ1) is 13.0. The molecule has 2 N–H and O–H groups in total. The zero-order valence-electron chi connectivity index (χ0n) is 14.1. The Kier molecular flexibility index (Phi) is 3.92. The highest BCUT2D eigenvalue weighted by molar-refractivity contribution is 5.74. The van der Waals surface area contributed by atoms with Gasteiger partial charge in [-0.25, -0.2) is 14.3 Å². The summed E-state index contributed by atoms with van der Waals surface area (Å²) >= 11 is 0. The lowest BCUT2D eigenvalue weighted by molar-refractivity contribution is -0.384. The molecule has 2 aromatic carbocycles. The van der Waals surface area contributed by atoms with Crippen LogP contribution in [-0.2, 0) is 6.54 Å². The molecule has 0 saturated heterocycles. The van der Waals surface area contributed by atoms with Crippen molar-refractivity contribution < 1.29 is 4.92 Å². The summed E-state index contributed by atoms with van der Waals surface area (Å²) in [6.45, 7) is 0.313. The second-order valence-corrected chi connectivity index (χ2v) is 6.07. The molecule has 0 amide bonds. The number of imidazole rings is 1. The summed E-state index contributed by atoms with van der Waals surface area (Å²) in [6, 6.07) is 16.8. The fourth-order valence-electron chi connectivity index (χ4n) is 3.09. The Morgan fingerprint density at radius 3 is 2.67 bits per heavy atom. The molecule has 0 atom stereocenters. The van der Waals surface area contributed by atoms with Gasteiger partial charge in [-0.3, -0.25) is 14.7 Å². The number of nitro benzene ring substituents is 1. The van der Waals surface area contributed by atoms with Crippen LogP contribution < -0.4 is 11.4 Å². The number of nitrogen functional groups attached to an aromatic ring is 1. The molecule has 8 heteroatoms. The highest BCUT2D eigenvalue weighted by atomic mass is 16.6. The number of aromatic nitrogens is 3. The average molecular weight is 361 g/mol. The minimum atomic E-state index is -0.492. The summed E-state index contributed by atoms with van der Waals surface area (Å²) in [7, 11) is 0. The van der Waals surface area contributed by atoms with Gasteiger partial charge in [0, 0.05) is 24.0 Å². The van der Waals surface area contributed by atoms with Crippen molar-refractivity contribution in [3.05, 3.63) is 93.0 Å². The molecule has 0 aliphatic heterocycles. The molecule has 2 heterocycles. The van der Waals surface area contributed by atoms with Gasteiger partial charge >= 0.3 is 5.69 Å². The Bertz CT molecular complexity index is 1230. The number of anilines is 1. The van der Waals surface area contributed by atoms with E-state index in [0.29, 0.717) is 29.1 Å². The third-order valence-electron chi connectivity index (χ3n) is 4.28. The quantitative estimate of drug-likeness (QED) is 0.341. The molecule has 0 spiro atoms. The normalized spacial score (nSPS) is 11.0. The third-order valence-corrected chi connectivity index (χ3v) is 4.28. The minimum absolute atomic E-state index is 0.0907. The maximum atomic E-state index is 13.1. The van der Waals surface area contributed by atoms with E-state index in [1.54, 1.807) is 47.2 Å². The van der Waals surface area contributed by atoms with E-state index in [-0.39, 0.29) is 11.4 Å². The smallest absolute Gasteiger partial charge is 0.335 e. The molecular weight excluding hydrogens is 346 g/mol. The first-order valence-electron chi connectivity index (χ1n) is 8.20. The summed E-state index contributed by atoms with van der Waals surface area (Å²) in [4.78, 5) is 28.1. The summed E-state index contributed by atoms with van der Waals surface area (Å²) in [5.41, 5.74) is 8.37. The monoisotopic (exact) mass is 361 g/mol. The first kappa shape index (κ1) is 16.5. The third kappa shape index (κ3) is 2.93. The van der Waals surface area contributed by atoms with Crippen molar-refractivity contribution >= 4 is 22.5 Å². The largest absolute Gasteiger partial charge is 0.399 e. The van der Waals surface area contributed by atoms with Crippen molar-refractivity contribution in [3.63, 3.8) is 0 Å². The number of non-ortho nitro benzene ring substituents is 1. The number of benzene rings is 2. The number of pyridine rings is 1. The lowest BCUT2D eigenvalue weighted by Gasteiger charge is -2.04. The van der Waals surface area contributed by atoms with Crippen LogP contribution in [0.3, 0.4) is 0 Å². The summed E-state index contributed by atoms with van der Waals surface area (Å²) in [5.74, 6) is 0. The highest BCUT2D eigenvalue weighted by Gasteiger charge is 2.17. The number of hydrogen-bond donors (Lipinski definition) is 1. The highest BCUT2D eigenvalue weighted by Crippen LogP contribution is 2.20. The van der Waals surface area contributed by atoms with E-state index in [1.807, 2.05) is 12.1 Å². The second kappa shape index (κ2) is 6.41. The van der Waals surface area contributed by atoms with E-state index in [0.717, 1.165) is 5.56 Å². The zero-order chi connectivity index (χ0) is 19.0. The number of nitro groups is 1.